The number of hydrogen-bond donors (Lipinski definition) is 3. The number of aromatic carboxylic acids is 1. The van der Waals surface area contributed by atoms with E-state index < -0.39 is 11.9 Å². The summed E-state index contributed by atoms with van der Waals surface area (Å²) in [4.78, 5) is 26.0. The molecule has 0 unspecified atom stereocenters. The van der Waals surface area contributed by atoms with Crippen molar-refractivity contribution in [2.45, 2.75) is 20.8 Å². The SMILES string of the molecule is Cc1noc(C)c1C(=O)Nc1c[nH]c(C)c1C(=O)O. The predicted octanol–water partition coefficient (Wildman–Crippen LogP) is 1.88. The van der Waals surface area contributed by atoms with Gasteiger partial charge >= 0.3 is 5.97 Å². The zero-order valence-electron chi connectivity index (χ0n) is 10.7. The van der Waals surface area contributed by atoms with E-state index in [2.05, 4.69) is 15.5 Å². The van der Waals surface area contributed by atoms with E-state index in [4.69, 9.17) is 9.63 Å². The quantitative estimate of drug-likeness (QED) is 0.783. The van der Waals surface area contributed by atoms with Crippen LogP contribution in [0.4, 0.5) is 5.69 Å². The van der Waals surface area contributed by atoms with Gasteiger partial charge in [-0.25, -0.2) is 4.79 Å². The minimum Gasteiger partial charge on any atom is -0.478 e. The molecule has 0 aliphatic heterocycles. The molecule has 0 bridgehead atoms. The molecule has 0 radical (unpaired) electrons. The summed E-state index contributed by atoms with van der Waals surface area (Å²) in [7, 11) is 0. The first-order valence-corrected chi connectivity index (χ1v) is 5.57. The number of carbonyl (C=O) groups excluding carboxylic acids is 1. The summed E-state index contributed by atoms with van der Waals surface area (Å²) in [5.74, 6) is -1.16. The van der Waals surface area contributed by atoms with Crippen LogP contribution < -0.4 is 5.32 Å². The van der Waals surface area contributed by atoms with Crippen LogP contribution in [0.15, 0.2) is 10.7 Å². The second-order valence-corrected chi connectivity index (χ2v) is 4.16. The van der Waals surface area contributed by atoms with Crippen LogP contribution in [0.3, 0.4) is 0 Å². The Morgan fingerprint density at radius 2 is 2.00 bits per heavy atom. The van der Waals surface area contributed by atoms with Crippen LogP contribution >= 0.6 is 0 Å². The number of aromatic nitrogens is 2. The lowest BCUT2D eigenvalue weighted by Gasteiger charge is -2.04. The van der Waals surface area contributed by atoms with Gasteiger partial charge in [-0.1, -0.05) is 5.16 Å². The van der Waals surface area contributed by atoms with Gasteiger partial charge in [0, 0.05) is 11.9 Å². The summed E-state index contributed by atoms with van der Waals surface area (Å²) in [5.41, 5.74) is 1.51. The fraction of sp³-hybridized carbons (Fsp3) is 0.250. The third-order valence-electron chi connectivity index (χ3n) is 2.80. The number of nitrogens with one attached hydrogen (secondary N) is 2. The van der Waals surface area contributed by atoms with Crippen LogP contribution in [0.2, 0.25) is 0 Å². The highest BCUT2D eigenvalue weighted by Crippen LogP contribution is 2.21. The van der Waals surface area contributed by atoms with Gasteiger partial charge in [-0.3, -0.25) is 4.79 Å². The van der Waals surface area contributed by atoms with Crippen molar-refractivity contribution in [3.63, 3.8) is 0 Å². The van der Waals surface area contributed by atoms with E-state index in [1.807, 2.05) is 0 Å². The highest BCUT2D eigenvalue weighted by Gasteiger charge is 2.21. The van der Waals surface area contributed by atoms with Crippen LogP contribution in [-0.4, -0.2) is 27.1 Å². The van der Waals surface area contributed by atoms with Crippen molar-refractivity contribution in [3.05, 3.63) is 34.5 Å². The molecule has 100 valence electrons. The molecule has 0 atom stereocenters. The Morgan fingerprint density at radius 3 is 2.53 bits per heavy atom. The summed E-state index contributed by atoms with van der Waals surface area (Å²) < 4.78 is 4.90. The zero-order chi connectivity index (χ0) is 14.2. The summed E-state index contributed by atoms with van der Waals surface area (Å²) in [6.45, 7) is 4.89. The minimum atomic E-state index is -1.10. The lowest BCUT2D eigenvalue weighted by atomic mass is 10.1. The Labute approximate surface area is 108 Å². The molecule has 19 heavy (non-hydrogen) atoms. The summed E-state index contributed by atoms with van der Waals surface area (Å²) in [6, 6.07) is 0. The molecule has 0 aromatic carbocycles. The number of carboxylic acid groups (broad SMARTS) is 1. The van der Waals surface area contributed by atoms with Gasteiger partial charge in [-0.05, 0) is 20.8 Å². The Kier molecular flexibility index (Phi) is 3.12. The molecular weight excluding hydrogens is 250 g/mol. The maximum absolute atomic E-state index is 12.1. The molecule has 3 N–H and O–H groups in total. The van der Waals surface area contributed by atoms with E-state index in [0.29, 0.717) is 22.7 Å². The monoisotopic (exact) mass is 263 g/mol. The summed E-state index contributed by atoms with van der Waals surface area (Å²) in [6.07, 6.45) is 1.44. The fourth-order valence-corrected chi connectivity index (χ4v) is 1.89. The maximum atomic E-state index is 12.1. The molecule has 0 spiro atoms. The van der Waals surface area contributed by atoms with Crippen LogP contribution in [0.1, 0.15) is 37.9 Å². The average Bonchev–Trinajstić information content (AvgIpc) is 2.83. The van der Waals surface area contributed by atoms with Gasteiger partial charge in [0.15, 0.2) is 0 Å². The number of H-pyrrole nitrogens is 1. The van der Waals surface area contributed by atoms with Crippen molar-refractivity contribution in [1.29, 1.82) is 0 Å². The van der Waals surface area contributed by atoms with E-state index in [1.54, 1.807) is 20.8 Å². The lowest BCUT2D eigenvalue weighted by Crippen LogP contribution is -2.15. The number of nitrogens with zero attached hydrogens (tertiary/aromatic N) is 1. The number of aryl methyl sites for hydroxylation is 3. The standard InChI is InChI=1S/C12H13N3O4/c1-5-10(12(17)18)8(4-13-5)14-11(16)9-6(2)15-19-7(9)3/h4,13H,1-3H3,(H,14,16)(H,17,18). The van der Waals surface area contributed by atoms with Gasteiger partial charge in [0.05, 0.1) is 11.4 Å². The average molecular weight is 263 g/mol. The van der Waals surface area contributed by atoms with Crippen LogP contribution in [0.5, 0.6) is 0 Å². The minimum absolute atomic E-state index is 0.0418. The van der Waals surface area contributed by atoms with Crippen molar-refractivity contribution >= 4 is 17.6 Å². The molecule has 2 aromatic rings. The number of amides is 1. The lowest BCUT2D eigenvalue weighted by molar-refractivity contribution is 0.0697. The number of rotatable bonds is 3. The molecule has 2 aromatic heterocycles. The molecular formula is C12H13N3O4. The third-order valence-corrected chi connectivity index (χ3v) is 2.80. The topological polar surface area (TPSA) is 108 Å². The van der Waals surface area contributed by atoms with Gasteiger partial charge in [-0.2, -0.15) is 0 Å². The molecule has 7 nitrogen and oxygen atoms in total. The molecule has 7 heteroatoms. The molecule has 2 heterocycles. The Balaban J connectivity index is 2.32. The fourth-order valence-electron chi connectivity index (χ4n) is 1.89. The van der Waals surface area contributed by atoms with Crippen molar-refractivity contribution in [3.8, 4) is 0 Å². The summed E-state index contributed by atoms with van der Waals surface area (Å²) in [5, 5.41) is 15.3. The van der Waals surface area contributed by atoms with E-state index in [9.17, 15) is 9.59 Å². The van der Waals surface area contributed by atoms with Crippen molar-refractivity contribution < 1.29 is 19.2 Å². The maximum Gasteiger partial charge on any atom is 0.339 e. The van der Waals surface area contributed by atoms with Gasteiger partial charge in [0.1, 0.15) is 16.9 Å². The molecule has 0 saturated carbocycles. The largest absolute Gasteiger partial charge is 0.478 e. The Bertz CT molecular complexity index is 634. The van der Waals surface area contributed by atoms with E-state index in [0.717, 1.165) is 0 Å². The van der Waals surface area contributed by atoms with E-state index in [1.165, 1.54) is 6.20 Å². The van der Waals surface area contributed by atoms with Crippen molar-refractivity contribution in [2.24, 2.45) is 0 Å². The molecule has 2 rings (SSSR count). The van der Waals surface area contributed by atoms with Crippen molar-refractivity contribution in [2.75, 3.05) is 5.32 Å². The highest BCUT2D eigenvalue weighted by molar-refractivity contribution is 6.09. The van der Waals surface area contributed by atoms with Gasteiger partial charge in [-0.15, -0.1) is 0 Å². The number of hydrogen-bond acceptors (Lipinski definition) is 4. The molecule has 1 amide bonds. The highest BCUT2D eigenvalue weighted by atomic mass is 16.5. The second-order valence-electron chi connectivity index (χ2n) is 4.16. The summed E-state index contributed by atoms with van der Waals surface area (Å²) >= 11 is 0. The number of carboxylic acids is 1. The van der Waals surface area contributed by atoms with Gasteiger partial charge in [0.2, 0.25) is 0 Å². The molecule has 0 aliphatic rings. The van der Waals surface area contributed by atoms with Crippen LogP contribution in [0.25, 0.3) is 0 Å². The Hall–Kier alpha value is -2.57. The normalized spacial score (nSPS) is 10.5. The first-order valence-electron chi connectivity index (χ1n) is 5.57. The smallest absolute Gasteiger partial charge is 0.339 e. The van der Waals surface area contributed by atoms with Crippen molar-refractivity contribution in [1.82, 2.24) is 10.1 Å². The van der Waals surface area contributed by atoms with Gasteiger partial charge in [0.25, 0.3) is 5.91 Å². The van der Waals surface area contributed by atoms with E-state index >= 15 is 0 Å². The molecule has 0 aliphatic carbocycles. The van der Waals surface area contributed by atoms with Gasteiger partial charge < -0.3 is 19.9 Å². The second kappa shape index (κ2) is 4.60. The van der Waals surface area contributed by atoms with Crippen LogP contribution in [-0.2, 0) is 0 Å². The predicted molar refractivity (Wildman–Crippen MR) is 66.4 cm³/mol. The third kappa shape index (κ3) is 2.22. The molecule has 0 saturated heterocycles. The number of aromatic amines is 1. The number of anilines is 1. The Morgan fingerprint density at radius 1 is 1.32 bits per heavy atom. The molecule has 0 fully saturated rings. The first-order chi connectivity index (χ1) is 8.91. The number of carbonyl (C=O) groups is 2. The van der Waals surface area contributed by atoms with Crippen LogP contribution in [0, 0.1) is 20.8 Å². The zero-order valence-corrected chi connectivity index (χ0v) is 10.7. The van der Waals surface area contributed by atoms with E-state index in [-0.39, 0.29) is 11.3 Å². The first kappa shape index (κ1) is 12.9.